The smallest absolute Gasteiger partial charge is 0.183 e. The fourth-order valence-corrected chi connectivity index (χ4v) is 3.52. The van der Waals surface area contributed by atoms with Crippen LogP contribution in [0.15, 0.2) is 0 Å². The zero-order valence-electron chi connectivity index (χ0n) is 11.6. The average molecular weight is 261 g/mol. The van der Waals surface area contributed by atoms with Crippen LogP contribution in [0.3, 0.4) is 0 Å². The summed E-state index contributed by atoms with van der Waals surface area (Å²) in [5.74, 6) is -0.925. The molecule has 0 spiro atoms. The van der Waals surface area contributed by atoms with Gasteiger partial charge in [-0.15, -0.1) is 0 Å². The summed E-state index contributed by atoms with van der Waals surface area (Å²) in [5.41, 5.74) is 0. The summed E-state index contributed by atoms with van der Waals surface area (Å²) in [6.07, 6.45) is 0.565. The van der Waals surface area contributed by atoms with Crippen molar-refractivity contribution in [2.24, 2.45) is 0 Å². The Morgan fingerprint density at radius 3 is 1.88 bits per heavy atom. The Bertz CT molecular complexity index is 253. The number of carboxylic acid groups (broad SMARTS) is 1. The lowest BCUT2D eigenvalue weighted by atomic mass is 10.1. The quantitative estimate of drug-likeness (QED) is 0.688. The Kier molecular flexibility index (Phi) is 4.97. The second-order valence-corrected chi connectivity index (χ2v) is 16.7. The first kappa shape index (κ1) is 15.9. The molecule has 0 fully saturated rings. The molecule has 0 N–H and O–H groups in total. The number of hydrogen-bond donors (Lipinski definition) is 0. The SMILES string of the molecule is CC(CCO[Si](C)(C)C)(C(=O)[O-])[Si](C)(C)C. The number of carbonyl (C=O) groups excluding carboxylic acids is 1. The molecule has 0 amide bonds. The molecule has 0 bridgehead atoms. The normalized spacial score (nSPS) is 16.9. The standard InChI is InChI=1S/C11H26O3Si2/c1-11(10(12)13,15(2,3)4)8-9-14-16(5,6)7/h8-9H2,1-7H3,(H,12,13)/p-1. The molecule has 3 nitrogen and oxygen atoms in total. The first-order valence-corrected chi connectivity index (χ1v) is 12.7. The predicted octanol–water partition coefficient (Wildman–Crippen LogP) is 2.08. The van der Waals surface area contributed by atoms with Crippen molar-refractivity contribution in [1.82, 2.24) is 0 Å². The van der Waals surface area contributed by atoms with Gasteiger partial charge in [-0.1, -0.05) is 26.6 Å². The van der Waals surface area contributed by atoms with Crippen molar-refractivity contribution in [2.45, 2.75) is 57.7 Å². The summed E-state index contributed by atoms with van der Waals surface area (Å²) in [4.78, 5) is 11.3. The van der Waals surface area contributed by atoms with Crippen molar-refractivity contribution in [1.29, 1.82) is 0 Å². The minimum Gasteiger partial charge on any atom is -0.550 e. The highest BCUT2D eigenvalue weighted by Crippen LogP contribution is 2.40. The van der Waals surface area contributed by atoms with Gasteiger partial charge in [-0.05, 0) is 26.1 Å². The molecule has 0 aromatic carbocycles. The van der Waals surface area contributed by atoms with Gasteiger partial charge in [-0.25, -0.2) is 0 Å². The summed E-state index contributed by atoms with van der Waals surface area (Å²) >= 11 is 0. The van der Waals surface area contributed by atoms with E-state index in [1.165, 1.54) is 0 Å². The Hall–Kier alpha value is -0.136. The van der Waals surface area contributed by atoms with Crippen LogP contribution in [-0.4, -0.2) is 29.0 Å². The summed E-state index contributed by atoms with van der Waals surface area (Å²) in [6, 6.07) is 0. The van der Waals surface area contributed by atoms with Gasteiger partial charge in [-0.3, -0.25) is 0 Å². The molecule has 0 saturated heterocycles. The molecule has 0 aromatic rings. The average Bonchev–Trinajstić information content (AvgIpc) is 1.98. The highest BCUT2D eigenvalue weighted by Gasteiger charge is 2.40. The van der Waals surface area contributed by atoms with Gasteiger partial charge in [0.1, 0.15) is 0 Å². The molecule has 96 valence electrons. The van der Waals surface area contributed by atoms with E-state index in [0.717, 1.165) is 0 Å². The third kappa shape index (κ3) is 4.39. The third-order valence-corrected chi connectivity index (χ3v) is 8.08. The van der Waals surface area contributed by atoms with Crippen LogP contribution in [0.1, 0.15) is 13.3 Å². The molecule has 0 heterocycles. The van der Waals surface area contributed by atoms with Crippen molar-refractivity contribution in [3.8, 4) is 0 Å². The first-order chi connectivity index (χ1) is 6.90. The lowest BCUT2D eigenvalue weighted by Gasteiger charge is -2.42. The van der Waals surface area contributed by atoms with Crippen molar-refractivity contribution in [2.75, 3.05) is 6.61 Å². The van der Waals surface area contributed by atoms with Crippen molar-refractivity contribution in [3.63, 3.8) is 0 Å². The van der Waals surface area contributed by atoms with E-state index in [9.17, 15) is 9.90 Å². The molecular weight excluding hydrogens is 236 g/mol. The van der Waals surface area contributed by atoms with E-state index in [2.05, 4.69) is 39.3 Å². The maximum Gasteiger partial charge on any atom is 0.183 e. The zero-order valence-corrected chi connectivity index (χ0v) is 13.6. The summed E-state index contributed by atoms with van der Waals surface area (Å²) in [7, 11) is -3.35. The monoisotopic (exact) mass is 261 g/mol. The van der Waals surface area contributed by atoms with Gasteiger partial charge < -0.3 is 14.3 Å². The van der Waals surface area contributed by atoms with Crippen molar-refractivity contribution >= 4 is 22.4 Å². The number of carbonyl (C=O) groups is 1. The topological polar surface area (TPSA) is 49.4 Å². The number of rotatable bonds is 6. The molecule has 0 aliphatic heterocycles. The van der Waals surface area contributed by atoms with Gasteiger partial charge in [-0.2, -0.15) is 0 Å². The van der Waals surface area contributed by atoms with Crippen LogP contribution in [0.5, 0.6) is 0 Å². The maximum atomic E-state index is 11.3. The minimum absolute atomic E-state index is 0.532. The molecule has 0 aromatic heterocycles. The van der Waals surface area contributed by atoms with Gasteiger partial charge in [0.25, 0.3) is 0 Å². The van der Waals surface area contributed by atoms with Gasteiger partial charge >= 0.3 is 0 Å². The van der Waals surface area contributed by atoms with Gasteiger partial charge in [0, 0.05) is 17.6 Å². The first-order valence-electron chi connectivity index (χ1n) is 5.75. The Morgan fingerprint density at radius 1 is 1.19 bits per heavy atom. The molecule has 0 radical (unpaired) electrons. The van der Waals surface area contributed by atoms with E-state index in [-0.39, 0.29) is 0 Å². The molecule has 1 atom stereocenters. The fourth-order valence-electron chi connectivity index (χ4n) is 1.34. The molecule has 0 aliphatic rings. The van der Waals surface area contributed by atoms with E-state index in [1.54, 1.807) is 0 Å². The molecule has 16 heavy (non-hydrogen) atoms. The Morgan fingerprint density at radius 2 is 1.62 bits per heavy atom. The van der Waals surface area contributed by atoms with Crippen LogP contribution in [0.4, 0.5) is 0 Å². The second kappa shape index (κ2) is 5.02. The van der Waals surface area contributed by atoms with Crippen LogP contribution in [0.25, 0.3) is 0 Å². The number of carboxylic acids is 1. The fraction of sp³-hybridized carbons (Fsp3) is 0.909. The highest BCUT2D eigenvalue weighted by molar-refractivity contribution is 6.82. The Balaban J connectivity index is 4.55. The van der Waals surface area contributed by atoms with Crippen molar-refractivity contribution in [3.05, 3.63) is 0 Å². The molecule has 0 aliphatic carbocycles. The van der Waals surface area contributed by atoms with Crippen LogP contribution in [0, 0.1) is 0 Å². The number of aliphatic carboxylic acids is 1. The maximum absolute atomic E-state index is 11.3. The molecule has 0 rings (SSSR count). The van der Waals surface area contributed by atoms with Crippen LogP contribution in [-0.2, 0) is 9.22 Å². The van der Waals surface area contributed by atoms with E-state index >= 15 is 0 Å². The van der Waals surface area contributed by atoms with E-state index < -0.39 is 27.4 Å². The summed E-state index contributed by atoms with van der Waals surface area (Å²) in [6.45, 7) is 14.9. The highest BCUT2D eigenvalue weighted by atomic mass is 28.4. The van der Waals surface area contributed by atoms with Gasteiger partial charge in [0.15, 0.2) is 8.32 Å². The largest absolute Gasteiger partial charge is 0.550 e. The van der Waals surface area contributed by atoms with Crippen LogP contribution < -0.4 is 5.11 Å². The zero-order chi connectivity index (χ0) is 13.2. The molecule has 0 saturated carbocycles. The summed E-state index contributed by atoms with van der Waals surface area (Å²) in [5, 5.41) is 10.6. The van der Waals surface area contributed by atoms with Crippen LogP contribution >= 0.6 is 0 Å². The predicted molar refractivity (Wildman–Crippen MR) is 70.6 cm³/mol. The molecule has 1 unspecified atom stereocenters. The lowest BCUT2D eigenvalue weighted by molar-refractivity contribution is -0.310. The van der Waals surface area contributed by atoms with Gasteiger partial charge in [0.05, 0.1) is 8.07 Å². The third-order valence-electron chi connectivity index (χ3n) is 3.24. The second-order valence-electron chi connectivity index (χ2n) is 6.58. The van der Waals surface area contributed by atoms with E-state index in [0.29, 0.717) is 13.0 Å². The van der Waals surface area contributed by atoms with E-state index in [1.807, 2.05) is 6.92 Å². The lowest BCUT2D eigenvalue weighted by Crippen LogP contribution is -2.50. The minimum atomic E-state index is -1.80. The van der Waals surface area contributed by atoms with E-state index in [4.69, 9.17) is 4.43 Å². The van der Waals surface area contributed by atoms with Gasteiger partial charge in [0.2, 0.25) is 0 Å². The number of hydrogen-bond acceptors (Lipinski definition) is 3. The Labute approximate surface area is 101 Å². The molecular formula is C11H25O3Si2-. The summed E-state index contributed by atoms with van der Waals surface area (Å²) < 4.78 is 5.74. The van der Waals surface area contributed by atoms with Crippen LogP contribution in [0.2, 0.25) is 44.3 Å². The van der Waals surface area contributed by atoms with Crippen molar-refractivity contribution < 1.29 is 14.3 Å². The molecule has 5 heteroatoms.